The number of rotatable bonds is 7. The average molecular weight is 534 g/mol. The van der Waals surface area contributed by atoms with Crippen molar-refractivity contribution in [1.29, 1.82) is 0 Å². The molecule has 0 saturated carbocycles. The summed E-state index contributed by atoms with van der Waals surface area (Å²) in [5.41, 5.74) is 2.47. The van der Waals surface area contributed by atoms with E-state index in [9.17, 15) is 18.3 Å². The molecule has 7 nitrogen and oxygen atoms in total. The number of hydrogen-bond acceptors (Lipinski definition) is 4. The van der Waals surface area contributed by atoms with E-state index in [-0.39, 0.29) is 17.0 Å². The second-order valence-electron chi connectivity index (χ2n) is 8.72. The average Bonchev–Trinajstić information content (AvgIpc) is 3.24. The van der Waals surface area contributed by atoms with Crippen LogP contribution in [0.15, 0.2) is 83.9 Å². The minimum atomic E-state index is -4.12. The van der Waals surface area contributed by atoms with Crippen molar-refractivity contribution >= 4 is 55.1 Å². The predicted octanol–water partition coefficient (Wildman–Crippen LogP) is 6.26. The molecule has 2 aromatic heterocycles. The van der Waals surface area contributed by atoms with Gasteiger partial charge in [0.1, 0.15) is 5.82 Å². The standard InChI is InChI=1S/C28H24ClN3O4S/c1-3-31-23(15-21-14-22(29)10-13-26(21)31)17-32(27-18(2)25-7-5-4-6-20(25)16-30-27)37(35,36)24-11-8-19(9-12-24)28(33)34/h4-16H,3,17H2,1-2H3,(H,33,34). The van der Waals surface area contributed by atoms with E-state index in [0.29, 0.717) is 17.4 Å². The van der Waals surface area contributed by atoms with Crippen LogP contribution in [-0.2, 0) is 23.1 Å². The Bertz CT molecular complexity index is 1760. The summed E-state index contributed by atoms with van der Waals surface area (Å²) in [5.74, 6) is -0.814. The topological polar surface area (TPSA) is 92.5 Å². The Morgan fingerprint density at radius 1 is 1.03 bits per heavy atom. The fourth-order valence-corrected chi connectivity index (χ4v) is 6.30. The zero-order chi connectivity index (χ0) is 26.3. The molecule has 2 heterocycles. The number of pyridine rings is 1. The summed E-state index contributed by atoms with van der Waals surface area (Å²) in [6.45, 7) is 4.51. The van der Waals surface area contributed by atoms with Gasteiger partial charge in [-0.2, -0.15) is 0 Å². The number of carboxylic acids is 1. The number of carbonyl (C=O) groups is 1. The van der Waals surface area contributed by atoms with Gasteiger partial charge in [0.05, 0.1) is 17.0 Å². The number of fused-ring (bicyclic) bond motifs is 2. The van der Waals surface area contributed by atoms with Gasteiger partial charge in [0.25, 0.3) is 10.0 Å². The number of aromatic nitrogens is 2. The van der Waals surface area contributed by atoms with Gasteiger partial charge in [-0.15, -0.1) is 0 Å². The van der Waals surface area contributed by atoms with Gasteiger partial charge in [-0.05, 0) is 67.8 Å². The van der Waals surface area contributed by atoms with Crippen LogP contribution >= 0.6 is 11.6 Å². The SMILES string of the molecule is CCn1c(CN(c2ncc3ccccc3c2C)S(=O)(=O)c2ccc(C(=O)O)cc2)cc2cc(Cl)ccc21. The second-order valence-corrected chi connectivity index (χ2v) is 11.0. The quantitative estimate of drug-likeness (QED) is 0.266. The molecular formula is C28H24ClN3O4S. The molecule has 188 valence electrons. The molecule has 37 heavy (non-hydrogen) atoms. The van der Waals surface area contributed by atoms with E-state index < -0.39 is 16.0 Å². The van der Waals surface area contributed by atoms with E-state index in [1.54, 1.807) is 6.20 Å². The van der Waals surface area contributed by atoms with Crippen molar-refractivity contribution in [3.63, 3.8) is 0 Å². The van der Waals surface area contributed by atoms with Gasteiger partial charge in [-0.1, -0.05) is 35.9 Å². The van der Waals surface area contributed by atoms with Crippen LogP contribution in [0.4, 0.5) is 5.82 Å². The summed E-state index contributed by atoms with van der Waals surface area (Å²) < 4.78 is 31.5. The van der Waals surface area contributed by atoms with Crippen LogP contribution in [0.25, 0.3) is 21.7 Å². The fraction of sp³-hybridized carbons (Fsp3) is 0.143. The molecule has 0 unspecified atom stereocenters. The molecular weight excluding hydrogens is 510 g/mol. The largest absolute Gasteiger partial charge is 0.478 e. The Balaban J connectivity index is 1.70. The van der Waals surface area contributed by atoms with Crippen LogP contribution in [0.2, 0.25) is 5.02 Å². The zero-order valence-corrected chi connectivity index (χ0v) is 21.8. The number of hydrogen-bond donors (Lipinski definition) is 1. The third-order valence-corrected chi connectivity index (χ3v) is 8.51. The summed E-state index contributed by atoms with van der Waals surface area (Å²) in [7, 11) is -4.12. The normalized spacial score (nSPS) is 11.8. The molecule has 0 spiro atoms. The molecule has 0 atom stereocenters. The summed E-state index contributed by atoms with van der Waals surface area (Å²) >= 11 is 6.22. The third-order valence-electron chi connectivity index (χ3n) is 6.52. The zero-order valence-electron chi connectivity index (χ0n) is 20.2. The van der Waals surface area contributed by atoms with Crippen LogP contribution < -0.4 is 4.31 Å². The number of aryl methyl sites for hydroxylation is 2. The smallest absolute Gasteiger partial charge is 0.335 e. The van der Waals surface area contributed by atoms with E-state index in [2.05, 4.69) is 9.55 Å². The van der Waals surface area contributed by atoms with Crippen molar-refractivity contribution in [3.8, 4) is 0 Å². The molecule has 0 fully saturated rings. The van der Waals surface area contributed by atoms with Crippen molar-refractivity contribution < 1.29 is 18.3 Å². The highest BCUT2D eigenvalue weighted by molar-refractivity contribution is 7.92. The maximum atomic E-state index is 14.1. The van der Waals surface area contributed by atoms with Gasteiger partial charge in [-0.3, -0.25) is 0 Å². The van der Waals surface area contributed by atoms with Gasteiger partial charge in [-0.25, -0.2) is 22.5 Å². The third kappa shape index (κ3) is 4.43. The van der Waals surface area contributed by atoms with Crippen molar-refractivity contribution in [1.82, 2.24) is 9.55 Å². The fourth-order valence-electron chi connectivity index (χ4n) is 4.67. The van der Waals surface area contributed by atoms with Crippen LogP contribution in [0.5, 0.6) is 0 Å². The van der Waals surface area contributed by atoms with Gasteiger partial charge < -0.3 is 9.67 Å². The van der Waals surface area contributed by atoms with Gasteiger partial charge in [0.2, 0.25) is 0 Å². The first-order valence-corrected chi connectivity index (χ1v) is 13.5. The van der Waals surface area contributed by atoms with E-state index in [4.69, 9.17) is 11.6 Å². The van der Waals surface area contributed by atoms with E-state index in [1.807, 2.05) is 62.4 Å². The molecule has 0 aliphatic rings. The Morgan fingerprint density at radius 2 is 1.76 bits per heavy atom. The number of aromatic carboxylic acids is 1. The highest BCUT2D eigenvalue weighted by Crippen LogP contribution is 2.33. The van der Waals surface area contributed by atoms with Crippen LogP contribution in [-0.4, -0.2) is 29.0 Å². The number of anilines is 1. The first-order valence-electron chi connectivity index (χ1n) is 11.7. The molecule has 0 aliphatic carbocycles. The lowest BCUT2D eigenvalue weighted by Crippen LogP contribution is -2.33. The minimum absolute atomic E-state index is 0.00787. The number of benzene rings is 3. The molecule has 3 aromatic carbocycles. The number of nitrogens with zero attached hydrogens (tertiary/aromatic N) is 3. The first kappa shape index (κ1) is 24.8. The number of carboxylic acid groups (broad SMARTS) is 1. The number of halogens is 1. The summed E-state index contributed by atoms with van der Waals surface area (Å²) in [6.07, 6.45) is 1.67. The molecule has 0 amide bonds. The van der Waals surface area contributed by atoms with E-state index >= 15 is 0 Å². The van der Waals surface area contributed by atoms with Crippen molar-refractivity contribution in [2.75, 3.05) is 4.31 Å². The number of sulfonamides is 1. The molecule has 0 bridgehead atoms. The van der Waals surface area contributed by atoms with E-state index in [1.165, 1.54) is 28.6 Å². The van der Waals surface area contributed by atoms with Crippen molar-refractivity contribution in [2.24, 2.45) is 0 Å². The van der Waals surface area contributed by atoms with Crippen LogP contribution in [0, 0.1) is 6.92 Å². The minimum Gasteiger partial charge on any atom is -0.478 e. The maximum Gasteiger partial charge on any atom is 0.335 e. The first-order chi connectivity index (χ1) is 17.7. The van der Waals surface area contributed by atoms with Crippen LogP contribution in [0.3, 0.4) is 0 Å². The second kappa shape index (κ2) is 9.53. The summed E-state index contributed by atoms with van der Waals surface area (Å²) in [5, 5.41) is 12.6. The van der Waals surface area contributed by atoms with Gasteiger partial charge in [0.15, 0.2) is 0 Å². The van der Waals surface area contributed by atoms with Gasteiger partial charge in [0, 0.05) is 45.3 Å². The van der Waals surface area contributed by atoms with Gasteiger partial charge >= 0.3 is 5.97 Å². The molecule has 9 heteroatoms. The van der Waals surface area contributed by atoms with Crippen molar-refractivity contribution in [3.05, 3.63) is 101 Å². The van der Waals surface area contributed by atoms with E-state index in [0.717, 1.165) is 32.9 Å². The molecule has 5 rings (SSSR count). The maximum absolute atomic E-state index is 14.1. The Hall–Kier alpha value is -3.88. The Morgan fingerprint density at radius 3 is 2.46 bits per heavy atom. The monoisotopic (exact) mass is 533 g/mol. The predicted molar refractivity (Wildman–Crippen MR) is 146 cm³/mol. The lowest BCUT2D eigenvalue weighted by atomic mass is 10.1. The highest BCUT2D eigenvalue weighted by Gasteiger charge is 2.29. The lowest BCUT2D eigenvalue weighted by Gasteiger charge is -2.26. The molecule has 0 saturated heterocycles. The highest BCUT2D eigenvalue weighted by atomic mass is 35.5. The summed E-state index contributed by atoms with van der Waals surface area (Å²) in [4.78, 5) is 15.9. The summed E-state index contributed by atoms with van der Waals surface area (Å²) in [6, 6.07) is 20.4. The van der Waals surface area contributed by atoms with Crippen LogP contribution in [0.1, 0.15) is 28.5 Å². The van der Waals surface area contributed by atoms with Crippen molar-refractivity contribution in [2.45, 2.75) is 31.8 Å². The lowest BCUT2D eigenvalue weighted by molar-refractivity contribution is 0.0696. The Kier molecular flexibility index (Phi) is 6.39. The molecule has 0 aliphatic heterocycles. The molecule has 5 aromatic rings. The molecule has 0 radical (unpaired) electrons. The molecule has 1 N–H and O–H groups in total. The Labute approximate surface area is 219 Å².